The van der Waals surface area contributed by atoms with E-state index in [4.69, 9.17) is 0 Å². The highest BCUT2D eigenvalue weighted by atomic mass is 32.2. The molecule has 4 rings (SSSR count). The summed E-state index contributed by atoms with van der Waals surface area (Å²) >= 11 is 3.51. The summed E-state index contributed by atoms with van der Waals surface area (Å²) in [5, 5.41) is 13.9. The summed E-state index contributed by atoms with van der Waals surface area (Å²) in [6.45, 7) is 4.16. The summed E-state index contributed by atoms with van der Waals surface area (Å²) in [4.78, 5) is 8.15. The molecule has 0 saturated heterocycles. The van der Waals surface area contributed by atoms with Crippen LogP contribution in [0, 0.1) is 6.92 Å². The second kappa shape index (κ2) is 5.16. The van der Waals surface area contributed by atoms with Crippen molar-refractivity contribution in [2.75, 3.05) is 19.7 Å². The molecule has 2 aromatic rings. The molecule has 0 radical (unpaired) electrons. The van der Waals surface area contributed by atoms with Gasteiger partial charge in [-0.3, -0.25) is 4.99 Å². The molecule has 108 valence electrons. The van der Waals surface area contributed by atoms with Crippen molar-refractivity contribution in [1.29, 1.82) is 0 Å². The zero-order valence-corrected chi connectivity index (χ0v) is 13.4. The van der Waals surface area contributed by atoms with Crippen LogP contribution < -0.4 is 0 Å². The van der Waals surface area contributed by atoms with E-state index in [0.717, 1.165) is 18.3 Å². The van der Waals surface area contributed by atoms with Gasteiger partial charge in [-0.05, 0) is 36.1 Å². The molecule has 0 bridgehead atoms. The number of amidine groups is 1. The highest BCUT2D eigenvalue weighted by molar-refractivity contribution is 8.17. The Morgan fingerprint density at radius 1 is 1.38 bits per heavy atom. The Morgan fingerprint density at radius 2 is 2.29 bits per heavy atom. The van der Waals surface area contributed by atoms with Gasteiger partial charge in [-0.1, -0.05) is 11.8 Å². The van der Waals surface area contributed by atoms with Gasteiger partial charge in [0.15, 0.2) is 5.17 Å². The first kappa shape index (κ1) is 13.4. The van der Waals surface area contributed by atoms with Crippen LogP contribution in [-0.4, -0.2) is 34.9 Å². The number of benzene rings is 1. The molecule has 0 fully saturated rings. The van der Waals surface area contributed by atoms with Crippen LogP contribution in [0.15, 0.2) is 33.5 Å². The minimum atomic E-state index is 0.186. The number of aliphatic imine (C=N–C) groups is 1. The molecule has 5 heteroatoms. The third-order valence-electron chi connectivity index (χ3n) is 3.86. The predicted octanol–water partition coefficient (Wildman–Crippen LogP) is 3.68. The summed E-state index contributed by atoms with van der Waals surface area (Å²) in [7, 11) is 0. The SMILES string of the molecule is Cc1cc(C2=C(CCO)SC3=NCCN32)c2ccsc2c1. The van der Waals surface area contributed by atoms with Crippen LogP contribution in [0.2, 0.25) is 0 Å². The molecule has 3 nitrogen and oxygen atoms in total. The molecule has 1 aromatic carbocycles. The van der Waals surface area contributed by atoms with Crippen molar-refractivity contribution >= 4 is 44.0 Å². The third kappa shape index (κ3) is 2.11. The van der Waals surface area contributed by atoms with Gasteiger partial charge in [0.05, 0.1) is 12.2 Å². The molecule has 0 saturated carbocycles. The smallest absolute Gasteiger partial charge is 0.168 e. The lowest BCUT2D eigenvalue weighted by molar-refractivity contribution is 0.301. The molecular formula is C16H16N2OS2. The molecule has 2 aliphatic heterocycles. The maximum absolute atomic E-state index is 9.38. The van der Waals surface area contributed by atoms with Crippen LogP contribution in [-0.2, 0) is 0 Å². The topological polar surface area (TPSA) is 35.8 Å². The first-order valence-electron chi connectivity index (χ1n) is 7.10. The maximum Gasteiger partial charge on any atom is 0.168 e. The first-order chi connectivity index (χ1) is 10.3. The van der Waals surface area contributed by atoms with Crippen molar-refractivity contribution in [2.24, 2.45) is 4.99 Å². The molecule has 0 unspecified atom stereocenters. The van der Waals surface area contributed by atoms with E-state index in [0.29, 0.717) is 6.42 Å². The van der Waals surface area contributed by atoms with E-state index in [2.05, 4.69) is 40.4 Å². The van der Waals surface area contributed by atoms with Crippen molar-refractivity contribution in [1.82, 2.24) is 4.90 Å². The number of nitrogens with zero attached hydrogens (tertiary/aromatic N) is 2. The van der Waals surface area contributed by atoms with Crippen LogP contribution >= 0.6 is 23.1 Å². The largest absolute Gasteiger partial charge is 0.396 e. The number of aliphatic hydroxyl groups is 1. The fraction of sp³-hybridized carbons (Fsp3) is 0.312. The standard InChI is InChI=1S/C16H16N2OS2/c1-10-8-12(11-3-7-20-14(11)9-10)15-13(2-6-19)21-16-17-4-5-18(15)16/h3,7-9,19H,2,4-6H2,1H3. The molecule has 0 atom stereocenters. The van der Waals surface area contributed by atoms with Crippen molar-refractivity contribution in [2.45, 2.75) is 13.3 Å². The fourth-order valence-corrected chi connectivity index (χ4v) is 5.09. The third-order valence-corrected chi connectivity index (χ3v) is 5.90. The molecule has 21 heavy (non-hydrogen) atoms. The van der Waals surface area contributed by atoms with Gasteiger partial charge in [0, 0.05) is 40.1 Å². The summed E-state index contributed by atoms with van der Waals surface area (Å²) < 4.78 is 1.33. The van der Waals surface area contributed by atoms with Gasteiger partial charge in [-0.2, -0.15) is 0 Å². The van der Waals surface area contributed by atoms with E-state index in [1.807, 2.05) is 0 Å². The van der Waals surface area contributed by atoms with Crippen LogP contribution in [0.3, 0.4) is 0 Å². The van der Waals surface area contributed by atoms with Crippen molar-refractivity contribution < 1.29 is 5.11 Å². The number of fused-ring (bicyclic) bond motifs is 2. The van der Waals surface area contributed by atoms with Gasteiger partial charge >= 0.3 is 0 Å². The Labute approximate surface area is 132 Å². The van der Waals surface area contributed by atoms with Gasteiger partial charge in [-0.25, -0.2) is 0 Å². The molecule has 0 amide bonds. The molecule has 1 aromatic heterocycles. The average Bonchev–Trinajstić information content (AvgIpc) is 3.12. The van der Waals surface area contributed by atoms with Crippen LogP contribution in [0.4, 0.5) is 0 Å². The predicted molar refractivity (Wildman–Crippen MR) is 91.8 cm³/mol. The average molecular weight is 316 g/mol. The molecule has 0 spiro atoms. The van der Waals surface area contributed by atoms with E-state index in [1.54, 1.807) is 23.1 Å². The van der Waals surface area contributed by atoms with Crippen molar-refractivity contribution in [3.05, 3.63) is 39.6 Å². The quantitative estimate of drug-likeness (QED) is 0.938. The highest BCUT2D eigenvalue weighted by Gasteiger charge is 2.33. The molecule has 2 aliphatic rings. The summed E-state index contributed by atoms with van der Waals surface area (Å²) in [5.41, 5.74) is 3.83. The Kier molecular flexibility index (Phi) is 3.28. The number of aryl methyl sites for hydroxylation is 1. The summed E-state index contributed by atoms with van der Waals surface area (Å²) in [6.07, 6.45) is 0.703. The Morgan fingerprint density at radius 3 is 3.14 bits per heavy atom. The molecular weight excluding hydrogens is 300 g/mol. The maximum atomic E-state index is 9.38. The number of rotatable bonds is 3. The van der Waals surface area contributed by atoms with Gasteiger partial charge in [0.2, 0.25) is 0 Å². The molecule has 1 N–H and O–H groups in total. The first-order valence-corrected chi connectivity index (χ1v) is 8.79. The van der Waals surface area contributed by atoms with E-state index in [-0.39, 0.29) is 6.61 Å². The van der Waals surface area contributed by atoms with Crippen molar-refractivity contribution in [3.63, 3.8) is 0 Å². The van der Waals surface area contributed by atoms with E-state index < -0.39 is 0 Å². The number of thiophene rings is 1. The van der Waals surface area contributed by atoms with Gasteiger partial charge < -0.3 is 10.0 Å². The summed E-state index contributed by atoms with van der Waals surface area (Å²) in [5.74, 6) is 0. The number of aliphatic hydroxyl groups excluding tert-OH is 1. The van der Waals surface area contributed by atoms with Gasteiger partial charge in [-0.15, -0.1) is 11.3 Å². The number of hydrogen-bond donors (Lipinski definition) is 1. The van der Waals surface area contributed by atoms with Crippen LogP contribution in [0.25, 0.3) is 15.8 Å². The van der Waals surface area contributed by atoms with Crippen LogP contribution in [0.5, 0.6) is 0 Å². The van der Waals surface area contributed by atoms with E-state index in [1.165, 1.54) is 31.8 Å². The Bertz CT molecular complexity index is 776. The highest BCUT2D eigenvalue weighted by Crippen LogP contribution is 2.45. The number of hydrogen-bond acceptors (Lipinski definition) is 5. The monoisotopic (exact) mass is 316 g/mol. The lowest BCUT2D eigenvalue weighted by Crippen LogP contribution is -2.20. The zero-order chi connectivity index (χ0) is 14.4. The minimum Gasteiger partial charge on any atom is -0.396 e. The van der Waals surface area contributed by atoms with E-state index >= 15 is 0 Å². The molecule has 0 aliphatic carbocycles. The second-order valence-corrected chi connectivity index (χ2v) is 7.32. The fourth-order valence-electron chi connectivity index (χ4n) is 3.00. The Balaban J connectivity index is 1.94. The van der Waals surface area contributed by atoms with Crippen LogP contribution in [0.1, 0.15) is 17.5 Å². The minimum absolute atomic E-state index is 0.186. The van der Waals surface area contributed by atoms with Gasteiger partial charge in [0.1, 0.15) is 0 Å². The molecule has 3 heterocycles. The number of thioether (sulfide) groups is 1. The van der Waals surface area contributed by atoms with Gasteiger partial charge in [0.25, 0.3) is 0 Å². The van der Waals surface area contributed by atoms with Crippen molar-refractivity contribution in [3.8, 4) is 0 Å². The second-order valence-electron chi connectivity index (χ2n) is 5.31. The Hall–Kier alpha value is -1.30. The lowest BCUT2D eigenvalue weighted by Gasteiger charge is -2.19. The zero-order valence-electron chi connectivity index (χ0n) is 11.8. The lowest BCUT2D eigenvalue weighted by atomic mass is 10.0. The normalized spacial score (nSPS) is 17.8. The van der Waals surface area contributed by atoms with E-state index in [9.17, 15) is 5.11 Å². The summed E-state index contributed by atoms with van der Waals surface area (Å²) in [6, 6.07) is 6.72.